The normalized spacial score (nSPS) is 15.8. The monoisotopic (exact) mass is 405 g/mol. The summed E-state index contributed by atoms with van der Waals surface area (Å²) >= 11 is 5.39. The van der Waals surface area contributed by atoms with Crippen LogP contribution >= 0.6 is 12.2 Å². The Morgan fingerprint density at radius 3 is 2.57 bits per heavy atom. The van der Waals surface area contributed by atoms with Gasteiger partial charge in [-0.25, -0.2) is 4.98 Å². The molecule has 1 aliphatic heterocycles. The number of hydrogen-bond acceptors (Lipinski definition) is 3. The number of thiocarbonyl (C=S) groups is 1. The van der Waals surface area contributed by atoms with E-state index in [0.717, 1.165) is 42.0 Å². The lowest BCUT2D eigenvalue weighted by molar-refractivity contribution is -0.137. The maximum atomic E-state index is 12.9. The molecular weight excluding hydrogens is 387 g/mol. The van der Waals surface area contributed by atoms with Crippen LogP contribution in [-0.2, 0) is 6.18 Å². The van der Waals surface area contributed by atoms with Crippen molar-refractivity contribution in [1.82, 2.24) is 9.88 Å². The van der Waals surface area contributed by atoms with Crippen molar-refractivity contribution in [2.45, 2.75) is 24.9 Å². The summed E-state index contributed by atoms with van der Waals surface area (Å²) in [5, 5.41) is 3.34. The van der Waals surface area contributed by atoms with Crippen molar-refractivity contribution in [3.63, 3.8) is 0 Å². The van der Waals surface area contributed by atoms with Crippen LogP contribution in [0.2, 0.25) is 0 Å². The molecule has 1 saturated heterocycles. The van der Waals surface area contributed by atoms with E-state index in [0.29, 0.717) is 23.9 Å². The number of oxazole rings is 1. The molecule has 1 aromatic heterocycles. The number of nitrogens with zero attached hydrogens (tertiary/aromatic N) is 2. The Hall–Kier alpha value is -2.61. The summed E-state index contributed by atoms with van der Waals surface area (Å²) < 4.78 is 44.4. The Morgan fingerprint density at radius 1 is 1.11 bits per heavy atom. The van der Waals surface area contributed by atoms with E-state index < -0.39 is 11.7 Å². The van der Waals surface area contributed by atoms with Gasteiger partial charge < -0.3 is 14.6 Å². The number of hydrogen-bond donors (Lipinski definition) is 1. The Labute approximate surface area is 165 Å². The third-order valence-corrected chi connectivity index (χ3v) is 5.24. The number of aromatic nitrogens is 1. The molecule has 2 heterocycles. The summed E-state index contributed by atoms with van der Waals surface area (Å²) in [5.41, 5.74) is 1.26. The van der Waals surface area contributed by atoms with Gasteiger partial charge >= 0.3 is 6.18 Å². The molecule has 1 aliphatic rings. The molecule has 8 heteroatoms. The lowest BCUT2D eigenvalue weighted by Crippen LogP contribution is -2.40. The average molecular weight is 405 g/mol. The van der Waals surface area contributed by atoms with E-state index in [9.17, 15) is 13.2 Å². The highest BCUT2D eigenvalue weighted by molar-refractivity contribution is 7.80. The molecule has 28 heavy (non-hydrogen) atoms. The molecule has 0 bridgehead atoms. The minimum Gasteiger partial charge on any atom is -0.440 e. The summed E-state index contributed by atoms with van der Waals surface area (Å²) in [7, 11) is 0. The summed E-state index contributed by atoms with van der Waals surface area (Å²) in [6.45, 7) is 1.38. The molecular formula is C20H18F3N3OS. The van der Waals surface area contributed by atoms with Crippen molar-refractivity contribution >= 4 is 34.1 Å². The number of alkyl halides is 3. The van der Waals surface area contributed by atoms with Crippen LogP contribution in [0.25, 0.3) is 11.1 Å². The summed E-state index contributed by atoms with van der Waals surface area (Å²) in [5.74, 6) is 0.942. The van der Waals surface area contributed by atoms with Crippen molar-refractivity contribution < 1.29 is 17.6 Å². The van der Waals surface area contributed by atoms with Crippen LogP contribution in [0, 0.1) is 0 Å². The van der Waals surface area contributed by atoms with Gasteiger partial charge in [0.15, 0.2) is 16.6 Å². The molecule has 1 fully saturated rings. The Bertz CT molecular complexity index is 961. The second-order valence-electron chi connectivity index (χ2n) is 6.79. The quantitative estimate of drug-likeness (QED) is 0.577. The number of fused-ring (bicyclic) bond motifs is 1. The first-order chi connectivity index (χ1) is 13.4. The summed E-state index contributed by atoms with van der Waals surface area (Å²) in [6.07, 6.45) is -2.74. The number of anilines is 1. The van der Waals surface area contributed by atoms with Gasteiger partial charge in [0.25, 0.3) is 0 Å². The van der Waals surface area contributed by atoms with E-state index in [-0.39, 0.29) is 5.92 Å². The van der Waals surface area contributed by atoms with Crippen molar-refractivity contribution in [3.05, 3.63) is 60.0 Å². The van der Waals surface area contributed by atoms with Gasteiger partial charge in [-0.05, 0) is 55.4 Å². The minimum absolute atomic E-state index is 0.208. The van der Waals surface area contributed by atoms with Crippen LogP contribution < -0.4 is 5.32 Å². The topological polar surface area (TPSA) is 41.3 Å². The molecule has 0 amide bonds. The standard InChI is InChI=1S/C20H18F3N3OS/c21-20(22,23)14-4-3-5-15(12-14)24-19(28)26-10-8-13(9-11-26)18-25-16-6-1-2-7-17(16)27-18/h1-7,12-13H,8-11H2,(H,24,28). The highest BCUT2D eigenvalue weighted by Gasteiger charge is 2.31. The van der Waals surface area contributed by atoms with Gasteiger partial charge in [-0.3, -0.25) is 0 Å². The van der Waals surface area contributed by atoms with E-state index in [1.54, 1.807) is 6.07 Å². The van der Waals surface area contributed by atoms with Crippen LogP contribution in [0.4, 0.5) is 18.9 Å². The van der Waals surface area contributed by atoms with Crippen molar-refractivity contribution in [2.24, 2.45) is 0 Å². The molecule has 0 atom stereocenters. The molecule has 0 unspecified atom stereocenters. The highest BCUT2D eigenvalue weighted by Crippen LogP contribution is 2.32. The van der Waals surface area contributed by atoms with E-state index in [2.05, 4.69) is 10.3 Å². The lowest BCUT2D eigenvalue weighted by Gasteiger charge is -2.32. The van der Waals surface area contributed by atoms with Crippen molar-refractivity contribution in [3.8, 4) is 0 Å². The minimum atomic E-state index is -4.38. The predicted molar refractivity (Wildman–Crippen MR) is 105 cm³/mol. The van der Waals surface area contributed by atoms with Crippen LogP contribution in [0.15, 0.2) is 52.9 Å². The molecule has 4 nitrogen and oxygen atoms in total. The van der Waals surface area contributed by atoms with Crippen molar-refractivity contribution in [1.29, 1.82) is 0 Å². The lowest BCUT2D eigenvalue weighted by atomic mass is 9.97. The Morgan fingerprint density at radius 2 is 1.86 bits per heavy atom. The van der Waals surface area contributed by atoms with Gasteiger partial charge in [0, 0.05) is 24.7 Å². The first-order valence-corrected chi connectivity index (χ1v) is 9.39. The van der Waals surface area contributed by atoms with Gasteiger partial charge in [0.05, 0.1) is 5.56 Å². The molecule has 0 radical (unpaired) electrons. The third-order valence-electron chi connectivity index (χ3n) is 4.88. The first kappa shape index (κ1) is 18.7. The van der Waals surface area contributed by atoms with Crippen LogP contribution in [0.1, 0.15) is 30.2 Å². The van der Waals surface area contributed by atoms with E-state index in [1.807, 2.05) is 29.2 Å². The molecule has 4 rings (SSSR count). The smallest absolute Gasteiger partial charge is 0.416 e. The van der Waals surface area contributed by atoms with Gasteiger partial charge in [-0.15, -0.1) is 0 Å². The summed E-state index contributed by atoms with van der Waals surface area (Å²) in [6, 6.07) is 12.7. The fraction of sp³-hybridized carbons (Fsp3) is 0.300. The van der Waals surface area contributed by atoms with E-state index >= 15 is 0 Å². The second kappa shape index (κ2) is 7.43. The molecule has 3 aromatic rings. The van der Waals surface area contributed by atoms with Gasteiger partial charge in [-0.1, -0.05) is 18.2 Å². The van der Waals surface area contributed by atoms with Crippen LogP contribution in [0.5, 0.6) is 0 Å². The molecule has 146 valence electrons. The number of rotatable bonds is 2. The number of piperidine rings is 1. The molecule has 1 N–H and O–H groups in total. The second-order valence-corrected chi connectivity index (χ2v) is 7.18. The zero-order valence-electron chi connectivity index (χ0n) is 14.9. The zero-order valence-corrected chi connectivity index (χ0v) is 15.7. The maximum Gasteiger partial charge on any atom is 0.416 e. The molecule has 0 spiro atoms. The fourth-order valence-corrected chi connectivity index (χ4v) is 3.67. The zero-order chi connectivity index (χ0) is 19.7. The Kier molecular flexibility index (Phi) is 4.97. The highest BCUT2D eigenvalue weighted by atomic mass is 32.1. The first-order valence-electron chi connectivity index (χ1n) is 8.99. The largest absolute Gasteiger partial charge is 0.440 e. The van der Waals surface area contributed by atoms with Crippen LogP contribution in [0.3, 0.4) is 0 Å². The van der Waals surface area contributed by atoms with Crippen molar-refractivity contribution in [2.75, 3.05) is 18.4 Å². The van der Waals surface area contributed by atoms with Gasteiger partial charge in [0.2, 0.25) is 0 Å². The van der Waals surface area contributed by atoms with Gasteiger partial charge in [-0.2, -0.15) is 13.2 Å². The van der Waals surface area contributed by atoms with Crippen LogP contribution in [-0.4, -0.2) is 28.1 Å². The number of likely N-dealkylation sites (tertiary alicyclic amines) is 1. The third kappa shape index (κ3) is 3.96. The average Bonchev–Trinajstić information content (AvgIpc) is 3.12. The number of para-hydroxylation sites is 2. The van der Waals surface area contributed by atoms with E-state index in [1.165, 1.54) is 6.07 Å². The maximum absolute atomic E-state index is 12.9. The SMILES string of the molecule is FC(F)(F)c1cccc(NC(=S)N2CCC(c3nc4ccccc4o3)CC2)c1. The molecule has 2 aromatic carbocycles. The summed E-state index contributed by atoms with van der Waals surface area (Å²) in [4.78, 5) is 6.53. The number of halogens is 3. The molecule has 0 saturated carbocycles. The number of benzene rings is 2. The predicted octanol–water partition coefficient (Wildman–Crippen LogP) is 5.42. The number of nitrogens with one attached hydrogen (secondary N) is 1. The molecule has 0 aliphatic carbocycles. The van der Waals surface area contributed by atoms with Gasteiger partial charge in [0.1, 0.15) is 5.52 Å². The fourth-order valence-electron chi connectivity index (χ4n) is 3.37. The Balaban J connectivity index is 1.37. The van der Waals surface area contributed by atoms with E-state index in [4.69, 9.17) is 16.6 Å².